The van der Waals surface area contributed by atoms with Crippen LogP contribution in [0.15, 0.2) is 33.9 Å². The fraction of sp³-hybridized carbons (Fsp3) is 0.0909. The van der Waals surface area contributed by atoms with Crippen molar-refractivity contribution in [1.29, 1.82) is 0 Å². The summed E-state index contributed by atoms with van der Waals surface area (Å²) >= 11 is 0. The number of nitrogens with zero attached hydrogens (tertiary/aromatic N) is 1. The van der Waals surface area contributed by atoms with E-state index in [-0.39, 0.29) is 16.5 Å². The van der Waals surface area contributed by atoms with Gasteiger partial charge >= 0.3 is 0 Å². The lowest BCUT2D eigenvalue weighted by atomic mass is 10.1. The van der Waals surface area contributed by atoms with Crippen LogP contribution < -0.4 is 16.9 Å². The number of nitrogen functional groups attached to an aromatic ring is 1. The van der Waals surface area contributed by atoms with Crippen molar-refractivity contribution in [3.05, 3.63) is 45.0 Å². The van der Waals surface area contributed by atoms with E-state index in [0.29, 0.717) is 11.1 Å². The minimum Gasteiger partial charge on any atom is -0.398 e. The van der Waals surface area contributed by atoms with Crippen LogP contribution in [0.25, 0.3) is 17.0 Å². The molecule has 5 nitrogen and oxygen atoms in total. The Kier molecular flexibility index (Phi) is 2.36. The minimum atomic E-state index is -0.370. The summed E-state index contributed by atoms with van der Waals surface area (Å²) in [4.78, 5) is 23.6. The molecule has 0 fully saturated rings. The lowest BCUT2D eigenvalue weighted by Gasteiger charge is -2.03. The van der Waals surface area contributed by atoms with E-state index in [9.17, 15) is 9.59 Å². The number of nitrogens with one attached hydrogen (secondary N) is 1. The standard InChI is InChI=1S/C11H11N3O2/c1-2-6-14-11(16)7-4-3-5-8(12)9(7)10(15)13-14/h2-6H,12H2,1H3,(H,13,15). The molecule has 2 rings (SSSR count). The van der Waals surface area contributed by atoms with Gasteiger partial charge in [0.05, 0.1) is 10.8 Å². The van der Waals surface area contributed by atoms with Gasteiger partial charge in [-0.1, -0.05) is 12.1 Å². The fourth-order valence-corrected chi connectivity index (χ4v) is 1.60. The molecule has 2 aromatic rings. The van der Waals surface area contributed by atoms with E-state index in [0.717, 1.165) is 4.68 Å². The molecule has 1 aromatic heterocycles. The number of rotatable bonds is 1. The highest BCUT2D eigenvalue weighted by Gasteiger charge is 2.07. The van der Waals surface area contributed by atoms with Gasteiger partial charge in [0.25, 0.3) is 11.1 Å². The van der Waals surface area contributed by atoms with Gasteiger partial charge in [-0.2, -0.15) is 0 Å². The van der Waals surface area contributed by atoms with E-state index < -0.39 is 0 Å². The number of hydrogen-bond donors (Lipinski definition) is 2. The zero-order chi connectivity index (χ0) is 11.7. The van der Waals surface area contributed by atoms with Gasteiger partial charge in [-0.05, 0) is 19.1 Å². The van der Waals surface area contributed by atoms with E-state index in [2.05, 4.69) is 5.10 Å². The summed E-state index contributed by atoms with van der Waals surface area (Å²) in [5, 5.41) is 3.01. The average Bonchev–Trinajstić information content (AvgIpc) is 2.25. The van der Waals surface area contributed by atoms with Crippen molar-refractivity contribution >= 4 is 22.7 Å². The highest BCUT2D eigenvalue weighted by Crippen LogP contribution is 2.12. The molecule has 0 atom stereocenters. The number of fused-ring (bicyclic) bond motifs is 1. The summed E-state index contributed by atoms with van der Waals surface area (Å²) in [5.74, 6) is 0. The number of nitrogens with two attached hydrogens (primary N) is 1. The van der Waals surface area contributed by atoms with E-state index in [4.69, 9.17) is 5.73 Å². The first-order chi connectivity index (χ1) is 7.65. The van der Waals surface area contributed by atoms with Crippen molar-refractivity contribution in [3.63, 3.8) is 0 Å². The van der Waals surface area contributed by atoms with Gasteiger partial charge in [0.1, 0.15) is 0 Å². The molecule has 16 heavy (non-hydrogen) atoms. The molecule has 0 saturated carbocycles. The molecule has 5 heteroatoms. The maximum absolute atomic E-state index is 11.9. The van der Waals surface area contributed by atoms with Gasteiger partial charge in [0.15, 0.2) is 0 Å². The molecule has 0 unspecified atom stereocenters. The van der Waals surface area contributed by atoms with Crippen molar-refractivity contribution in [2.24, 2.45) is 0 Å². The van der Waals surface area contributed by atoms with E-state index in [1.807, 2.05) is 0 Å². The highest BCUT2D eigenvalue weighted by atomic mass is 16.2. The van der Waals surface area contributed by atoms with Gasteiger partial charge in [-0.3, -0.25) is 14.7 Å². The predicted molar refractivity (Wildman–Crippen MR) is 64.2 cm³/mol. The third-order valence-electron chi connectivity index (χ3n) is 2.29. The Hall–Kier alpha value is -2.30. The molecule has 0 amide bonds. The second-order valence-electron chi connectivity index (χ2n) is 3.37. The third kappa shape index (κ3) is 1.42. The number of H-pyrrole nitrogens is 1. The monoisotopic (exact) mass is 217 g/mol. The van der Waals surface area contributed by atoms with Crippen LogP contribution in [-0.2, 0) is 0 Å². The summed E-state index contributed by atoms with van der Waals surface area (Å²) in [6.45, 7) is 1.76. The quantitative estimate of drug-likeness (QED) is 0.692. The SMILES string of the molecule is CC=Cn1[nH]c(=O)c2c(N)cccc2c1=O. The van der Waals surface area contributed by atoms with Crippen LogP contribution in [0.5, 0.6) is 0 Å². The van der Waals surface area contributed by atoms with Crippen LogP contribution in [0.2, 0.25) is 0 Å². The van der Waals surface area contributed by atoms with Crippen molar-refractivity contribution in [1.82, 2.24) is 9.78 Å². The Labute approximate surface area is 90.8 Å². The molecule has 0 aliphatic rings. The largest absolute Gasteiger partial charge is 0.398 e. The van der Waals surface area contributed by atoms with Crippen LogP contribution in [-0.4, -0.2) is 9.78 Å². The molecular formula is C11H11N3O2. The maximum Gasteiger partial charge on any atom is 0.277 e. The van der Waals surface area contributed by atoms with Gasteiger partial charge in [-0.15, -0.1) is 0 Å². The number of hydrogen-bond acceptors (Lipinski definition) is 3. The number of anilines is 1. The number of aromatic amines is 1. The van der Waals surface area contributed by atoms with Crippen LogP contribution in [0.1, 0.15) is 6.92 Å². The van der Waals surface area contributed by atoms with E-state index in [1.54, 1.807) is 31.2 Å². The summed E-state index contributed by atoms with van der Waals surface area (Å²) in [5.41, 5.74) is 5.31. The summed E-state index contributed by atoms with van der Waals surface area (Å²) in [6.07, 6.45) is 3.15. The Bertz CT molecular complexity index is 680. The van der Waals surface area contributed by atoms with Gasteiger partial charge in [0, 0.05) is 11.9 Å². The van der Waals surface area contributed by atoms with Crippen LogP contribution in [0.3, 0.4) is 0 Å². The molecule has 82 valence electrons. The molecule has 0 saturated heterocycles. The van der Waals surface area contributed by atoms with Gasteiger partial charge in [0.2, 0.25) is 0 Å². The van der Waals surface area contributed by atoms with Gasteiger partial charge in [-0.25, -0.2) is 4.68 Å². The molecule has 0 spiro atoms. The molecule has 0 bridgehead atoms. The van der Waals surface area contributed by atoms with Crippen molar-refractivity contribution in [2.75, 3.05) is 5.73 Å². The maximum atomic E-state index is 11.9. The minimum absolute atomic E-state index is 0.244. The smallest absolute Gasteiger partial charge is 0.277 e. The fourth-order valence-electron chi connectivity index (χ4n) is 1.60. The van der Waals surface area contributed by atoms with Crippen LogP contribution in [0.4, 0.5) is 5.69 Å². The second kappa shape index (κ2) is 3.69. The highest BCUT2D eigenvalue weighted by molar-refractivity contribution is 5.91. The van der Waals surface area contributed by atoms with Crippen molar-refractivity contribution in [3.8, 4) is 0 Å². The molecule has 1 heterocycles. The Morgan fingerprint density at radius 2 is 2.12 bits per heavy atom. The molecule has 0 radical (unpaired) electrons. The molecule has 1 aromatic carbocycles. The molecule has 0 aliphatic heterocycles. The van der Waals surface area contributed by atoms with E-state index >= 15 is 0 Å². The second-order valence-corrected chi connectivity index (χ2v) is 3.37. The van der Waals surface area contributed by atoms with Crippen LogP contribution in [0, 0.1) is 0 Å². The summed E-state index contributed by atoms with van der Waals surface area (Å²) in [7, 11) is 0. The lowest BCUT2D eigenvalue weighted by molar-refractivity contribution is 0.845. The van der Waals surface area contributed by atoms with Gasteiger partial charge < -0.3 is 5.73 Å². The number of aromatic nitrogens is 2. The van der Waals surface area contributed by atoms with E-state index in [1.165, 1.54) is 6.20 Å². The summed E-state index contributed by atoms with van der Waals surface area (Å²) < 4.78 is 1.14. The zero-order valence-electron chi connectivity index (χ0n) is 8.73. The first kappa shape index (κ1) is 10.2. The molecular weight excluding hydrogens is 206 g/mol. The molecule has 3 N–H and O–H groups in total. The number of benzene rings is 1. The first-order valence-corrected chi connectivity index (χ1v) is 4.81. The summed E-state index contributed by atoms with van der Waals surface area (Å²) in [6, 6.07) is 4.83. The Morgan fingerprint density at radius 3 is 2.81 bits per heavy atom. The van der Waals surface area contributed by atoms with Crippen molar-refractivity contribution < 1.29 is 0 Å². The normalized spacial score (nSPS) is 11.3. The average molecular weight is 217 g/mol. The molecule has 0 aliphatic carbocycles. The Morgan fingerprint density at radius 1 is 1.38 bits per heavy atom. The first-order valence-electron chi connectivity index (χ1n) is 4.81. The third-order valence-corrected chi connectivity index (χ3v) is 2.29. The topological polar surface area (TPSA) is 80.9 Å². The Balaban J connectivity index is 3.02. The number of allylic oxidation sites excluding steroid dienone is 1. The van der Waals surface area contributed by atoms with Crippen molar-refractivity contribution in [2.45, 2.75) is 6.92 Å². The lowest BCUT2D eigenvalue weighted by Crippen LogP contribution is -2.27. The zero-order valence-corrected chi connectivity index (χ0v) is 8.73. The predicted octanol–water partition coefficient (Wildman–Crippen LogP) is 0.763. The van der Waals surface area contributed by atoms with Crippen LogP contribution >= 0.6 is 0 Å².